The molecule has 0 radical (unpaired) electrons. The van der Waals surface area contributed by atoms with Crippen LogP contribution in [0, 0.1) is 0 Å². The van der Waals surface area contributed by atoms with Gasteiger partial charge in [-0.15, -0.1) is 11.3 Å². The van der Waals surface area contributed by atoms with Crippen molar-refractivity contribution >= 4 is 33.2 Å². The van der Waals surface area contributed by atoms with Crippen LogP contribution >= 0.6 is 11.3 Å². The van der Waals surface area contributed by atoms with E-state index in [0.29, 0.717) is 17.7 Å². The van der Waals surface area contributed by atoms with E-state index in [1.54, 1.807) is 17.3 Å². The van der Waals surface area contributed by atoms with E-state index in [2.05, 4.69) is 0 Å². The lowest BCUT2D eigenvalue weighted by Gasteiger charge is -2.29. The second kappa shape index (κ2) is 7.32. The molecule has 1 aliphatic heterocycles. The molecule has 4 N–H and O–H groups in total. The first-order chi connectivity index (χ1) is 13.5. The summed E-state index contributed by atoms with van der Waals surface area (Å²) in [6, 6.07) is 19.7. The molecular formula is C22H19N3O2S. The highest BCUT2D eigenvalue weighted by Gasteiger charge is 2.33. The molecule has 6 heteroatoms. The zero-order valence-corrected chi connectivity index (χ0v) is 15.9. The maximum absolute atomic E-state index is 12.3. The first-order valence-electron chi connectivity index (χ1n) is 8.84. The van der Waals surface area contributed by atoms with E-state index in [4.69, 9.17) is 11.5 Å². The smallest absolute Gasteiger partial charge is 0.247 e. The van der Waals surface area contributed by atoms with Crippen molar-refractivity contribution in [1.29, 1.82) is 0 Å². The number of benzene rings is 2. The highest BCUT2D eigenvalue weighted by Crippen LogP contribution is 2.41. The van der Waals surface area contributed by atoms with Crippen LogP contribution in [-0.4, -0.2) is 16.7 Å². The molecule has 0 fully saturated rings. The molecule has 0 spiro atoms. The second-order valence-corrected chi connectivity index (χ2v) is 7.79. The van der Waals surface area contributed by atoms with Gasteiger partial charge in [0.05, 0.1) is 5.92 Å². The molecule has 0 saturated heterocycles. The third kappa shape index (κ3) is 3.42. The standard InChI is InChI=1S/C22H19N3O2S/c23-21(26)16-12-25(11-14-6-2-1-3-7-14)13-17(22(24)27)20(16)19-10-15-8-4-5-9-18(15)28-19/h1-10,12-13,20H,11H2,(H2,23,26)(H2,24,27). The molecular weight excluding hydrogens is 370 g/mol. The van der Waals surface area contributed by atoms with Crippen molar-refractivity contribution < 1.29 is 9.59 Å². The van der Waals surface area contributed by atoms with Crippen molar-refractivity contribution in [2.75, 3.05) is 0 Å². The van der Waals surface area contributed by atoms with Crippen molar-refractivity contribution in [2.45, 2.75) is 12.5 Å². The Balaban J connectivity index is 1.78. The Morgan fingerprint density at radius 2 is 1.50 bits per heavy atom. The lowest BCUT2D eigenvalue weighted by Crippen LogP contribution is -2.32. The van der Waals surface area contributed by atoms with E-state index < -0.39 is 17.7 Å². The van der Waals surface area contributed by atoms with E-state index in [9.17, 15) is 9.59 Å². The molecule has 2 amide bonds. The van der Waals surface area contributed by atoms with E-state index in [1.165, 1.54) is 11.3 Å². The number of fused-ring (bicyclic) bond motifs is 1. The van der Waals surface area contributed by atoms with E-state index in [0.717, 1.165) is 20.5 Å². The van der Waals surface area contributed by atoms with Gasteiger partial charge in [0, 0.05) is 39.7 Å². The van der Waals surface area contributed by atoms with Crippen LogP contribution < -0.4 is 11.5 Å². The summed E-state index contributed by atoms with van der Waals surface area (Å²) < 4.78 is 1.08. The number of hydrogen-bond acceptors (Lipinski definition) is 4. The largest absolute Gasteiger partial charge is 0.366 e. The minimum atomic E-state index is -0.563. The van der Waals surface area contributed by atoms with Gasteiger partial charge in [0.2, 0.25) is 11.8 Å². The summed E-state index contributed by atoms with van der Waals surface area (Å²) in [6.45, 7) is 0.507. The number of carbonyl (C=O) groups excluding carboxylic acids is 2. The van der Waals surface area contributed by atoms with Crippen molar-refractivity contribution in [1.82, 2.24) is 4.90 Å². The lowest BCUT2D eigenvalue weighted by molar-refractivity contribution is -0.115. The number of hydrogen-bond donors (Lipinski definition) is 2. The first kappa shape index (κ1) is 18.0. The van der Waals surface area contributed by atoms with Crippen LogP contribution in [0.4, 0.5) is 0 Å². The average Bonchev–Trinajstić information content (AvgIpc) is 3.11. The van der Waals surface area contributed by atoms with Gasteiger partial charge in [-0.2, -0.15) is 0 Å². The fourth-order valence-electron chi connectivity index (χ4n) is 3.46. The van der Waals surface area contributed by atoms with Gasteiger partial charge in [-0.1, -0.05) is 48.5 Å². The predicted molar refractivity (Wildman–Crippen MR) is 111 cm³/mol. The maximum Gasteiger partial charge on any atom is 0.247 e. The molecule has 0 atom stereocenters. The van der Waals surface area contributed by atoms with Crippen LogP contribution in [0.1, 0.15) is 16.4 Å². The van der Waals surface area contributed by atoms with Gasteiger partial charge >= 0.3 is 0 Å². The molecule has 0 aliphatic carbocycles. The van der Waals surface area contributed by atoms with Gasteiger partial charge in [0.15, 0.2) is 0 Å². The fourth-order valence-corrected chi connectivity index (χ4v) is 4.66. The quantitative estimate of drug-likeness (QED) is 0.702. The Bertz CT molecular complexity index is 1050. The molecule has 0 unspecified atom stereocenters. The molecule has 4 rings (SSSR count). The number of carbonyl (C=O) groups is 2. The summed E-state index contributed by atoms with van der Waals surface area (Å²) in [7, 11) is 0. The Morgan fingerprint density at radius 3 is 2.11 bits per heavy atom. The molecule has 140 valence electrons. The molecule has 0 saturated carbocycles. The van der Waals surface area contributed by atoms with Crippen molar-refractivity contribution in [2.24, 2.45) is 11.5 Å². The maximum atomic E-state index is 12.3. The van der Waals surface area contributed by atoms with Crippen molar-refractivity contribution in [3.8, 4) is 0 Å². The lowest BCUT2D eigenvalue weighted by atomic mass is 9.87. The summed E-state index contributed by atoms with van der Waals surface area (Å²) in [5, 5.41) is 1.06. The van der Waals surface area contributed by atoms with Gasteiger partial charge in [0.1, 0.15) is 0 Å². The normalized spacial score (nSPS) is 14.6. The monoisotopic (exact) mass is 389 g/mol. The minimum Gasteiger partial charge on any atom is -0.366 e. The third-order valence-corrected chi connectivity index (χ3v) is 5.92. The van der Waals surface area contributed by atoms with Gasteiger partial charge in [-0.25, -0.2) is 0 Å². The van der Waals surface area contributed by atoms with Crippen LogP contribution in [0.25, 0.3) is 10.1 Å². The molecule has 1 aromatic heterocycles. The zero-order valence-electron chi connectivity index (χ0n) is 15.0. The molecule has 5 nitrogen and oxygen atoms in total. The molecule has 2 heterocycles. The fraction of sp³-hybridized carbons (Fsp3) is 0.0909. The number of nitrogens with two attached hydrogens (primary N) is 2. The summed E-state index contributed by atoms with van der Waals surface area (Å²) in [5.41, 5.74) is 13.2. The first-order valence-corrected chi connectivity index (χ1v) is 9.66. The highest BCUT2D eigenvalue weighted by molar-refractivity contribution is 7.19. The predicted octanol–water partition coefficient (Wildman–Crippen LogP) is 3.24. The summed E-state index contributed by atoms with van der Waals surface area (Å²) in [5.74, 6) is -1.68. The number of nitrogens with zero attached hydrogens (tertiary/aromatic N) is 1. The average molecular weight is 389 g/mol. The molecule has 3 aromatic rings. The van der Waals surface area contributed by atoms with Crippen LogP contribution in [0.3, 0.4) is 0 Å². The van der Waals surface area contributed by atoms with Gasteiger partial charge in [0.25, 0.3) is 0 Å². The number of rotatable bonds is 5. The zero-order chi connectivity index (χ0) is 19.7. The van der Waals surface area contributed by atoms with E-state index in [-0.39, 0.29) is 0 Å². The van der Waals surface area contributed by atoms with Crippen molar-refractivity contribution in [3.63, 3.8) is 0 Å². The van der Waals surface area contributed by atoms with E-state index in [1.807, 2.05) is 60.7 Å². The third-order valence-electron chi connectivity index (χ3n) is 4.74. The molecule has 0 bridgehead atoms. The number of primary amides is 2. The highest BCUT2D eigenvalue weighted by atomic mass is 32.1. The van der Waals surface area contributed by atoms with Gasteiger partial charge < -0.3 is 16.4 Å². The van der Waals surface area contributed by atoms with Crippen molar-refractivity contribution in [3.05, 3.63) is 94.7 Å². The number of amides is 2. The summed E-state index contributed by atoms with van der Waals surface area (Å²) in [4.78, 5) is 27.2. The van der Waals surface area contributed by atoms with Crippen LogP contribution in [0.2, 0.25) is 0 Å². The molecule has 2 aromatic carbocycles. The second-order valence-electron chi connectivity index (χ2n) is 6.67. The van der Waals surface area contributed by atoms with Crippen LogP contribution in [0.15, 0.2) is 84.2 Å². The Labute approximate surface area is 166 Å². The Morgan fingerprint density at radius 1 is 0.893 bits per heavy atom. The topological polar surface area (TPSA) is 89.4 Å². The van der Waals surface area contributed by atoms with Crippen LogP contribution in [-0.2, 0) is 16.1 Å². The molecule has 1 aliphatic rings. The Kier molecular flexibility index (Phi) is 4.71. The van der Waals surface area contributed by atoms with Gasteiger partial charge in [-0.3, -0.25) is 9.59 Å². The van der Waals surface area contributed by atoms with Gasteiger partial charge in [-0.05, 0) is 23.1 Å². The summed E-state index contributed by atoms with van der Waals surface area (Å²) >= 11 is 1.54. The minimum absolute atomic E-state index is 0.360. The summed E-state index contributed by atoms with van der Waals surface area (Å²) in [6.07, 6.45) is 3.44. The number of thiophene rings is 1. The van der Waals surface area contributed by atoms with Crippen LogP contribution in [0.5, 0.6) is 0 Å². The molecule has 28 heavy (non-hydrogen) atoms. The van der Waals surface area contributed by atoms with E-state index >= 15 is 0 Å². The Hall–Kier alpha value is -3.38. The SMILES string of the molecule is NC(=O)C1=CN(Cc2ccccc2)C=C(C(N)=O)C1c1cc2ccccc2s1.